The molecule has 5 nitrogen and oxygen atoms in total. The van der Waals surface area contributed by atoms with Gasteiger partial charge in [-0.25, -0.2) is 0 Å². The van der Waals surface area contributed by atoms with E-state index in [1.54, 1.807) is 0 Å². The van der Waals surface area contributed by atoms with Crippen LogP contribution in [-0.4, -0.2) is 40.7 Å². The second kappa shape index (κ2) is 8.67. The summed E-state index contributed by atoms with van der Waals surface area (Å²) in [7, 11) is -4.39. The van der Waals surface area contributed by atoms with Crippen LogP contribution in [0.5, 0.6) is 0 Å². The Hall–Kier alpha value is -1.33. The second-order valence-corrected chi connectivity index (χ2v) is 7.46. The van der Waals surface area contributed by atoms with Crippen molar-refractivity contribution < 1.29 is 24.2 Å². The fourth-order valence-corrected chi connectivity index (χ4v) is 3.93. The van der Waals surface area contributed by atoms with Gasteiger partial charge in [-0.1, -0.05) is 0 Å². The monoisotopic (exact) mass is 352 g/mol. The molecular formula is C18H25O5P. The van der Waals surface area contributed by atoms with Crippen LogP contribution in [0.25, 0.3) is 0 Å². The second-order valence-electron chi connectivity index (χ2n) is 5.56. The van der Waals surface area contributed by atoms with Gasteiger partial charge in [0, 0.05) is 0 Å². The summed E-state index contributed by atoms with van der Waals surface area (Å²) in [5.74, 6) is 0. The molecule has 2 aromatic carbocycles. The quantitative estimate of drug-likeness (QED) is 0.477. The molecule has 132 valence electrons. The van der Waals surface area contributed by atoms with Gasteiger partial charge in [-0.05, 0) is 0 Å². The van der Waals surface area contributed by atoms with Gasteiger partial charge in [-0.2, -0.15) is 0 Å². The van der Waals surface area contributed by atoms with Gasteiger partial charge in [0.2, 0.25) is 0 Å². The van der Waals surface area contributed by atoms with E-state index in [0.29, 0.717) is 13.2 Å². The van der Waals surface area contributed by atoms with E-state index in [2.05, 4.69) is 0 Å². The van der Waals surface area contributed by atoms with Crippen molar-refractivity contribution in [2.24, 2.45) is 0 Å². The molecule has 0 aliphatic heterocycles. The molecule has 0 saturated carbocycles. The first-order valence-electron chi connectivity index (χ1n) is 7.98. The number of ether oxygens (including phenoxy) is 2. The molecule has 0 unspecified atom stereocenters. The maximum atomic E-state index is 9.82. The molecule has 0 amide bonds. The molecule has 0 bridgehead atoms. The third-order valence-corrected chi connectivity index (χ3v) is 4.72. The maximum absolute atomic E-state index is 9.82. The van der Waals surface area contributed by atoms with E-state index in [1.807, 2.05) is 67.6 Å². The van der Waals surface area contributed by atoms with Crippen molar-refractivity contribution in [1.29, 1.82) is 0 Å². The fraction of sp³-hybridized carbons (Fsp3) is 0.333. The van der Waals surface area contributed by atoms with Gasteiger partial charge < -0.3 is 0 Å². The van der Waals surface area contributed by atoms with Crippen molar-refractivity contribution in [1.82, 2.24) is 0 Å². The molecule has 0 radical (unpaired) electrons. The standard InChI is InChI=1S/C18H25O5P/c1-2-22-13-14-23-18(15-24(19,20)21,16-9-5-3-6-10-16)17-11-7-4-8-12-17/h3-12,19-21,24H,2,13-15H2,1H3. The summed E-state index contributed by atoms with van der Waals surface area (Å²) in [5, 5.41) is 0. The minimum atomic E-state index is -4.39. The number of benzene rings is 2. The zero-order valence-corrected chi connectivity index (χ0v) is 14.8. The van der Waals surface area contributed by atoms with Gasteiger partial charge in [0.05, 0.1) is 0 Å². The van der Waals surface area contributed by atoms with E-state index < -0.39 is 13.5 Å². The minimum absolute atomic E-state index is 0.266. The Kier molecular flexibility index (Phi) is 6.87. The van der Waals surface area contributed by atoms with Crippen LogP contribution in [0.1, 0.15) is 18.1 Å². The molecular weight excluding hydrogens is 327 g/mol. The summed E-state index contributed by atoms with van der Waals surface area (Å²) in [6, 6.07) is 18.6. The van der Waals surface area contributed by atoms with Gasteiger partial charge in [-0.3, -0.25) is 0 Å². The van der Waals surface area contributed by atoms with E-state index in [9.17, 15) is 14.7 Å². The Morgan fingerprint density at radius 3 is 1.75 bits per heavy atom. The molecule has 0 aliphatic carbocycles. The predicted octanol–water partition coefficient (Wildman–Crippen LogP) is 2.46. The van der Waals surface area contributed by atoms with Crippen LogP contribution in [0.4, 0.5) is 0 Å². The normalized spacial score (nSPS) is 13.0. The van der Waals surface area contributed by atoms with Gasteiger partial charge >= 0.3 is 142 Å². The molecule has 0 saturated heterocycles. The van der Waals surface area contributed by atoms with Crippen molar-refractivity contribution in [2.75, 3.05) is 26.0 Å². The average Bonchev–Trinajstić information content (AvgIpc) is 2.58. The molecule has 2 aromatic rings. The summed E-state index contributed by atoms with van der Waals surface area (Å²) in [6.45, 7) is 3.12. The van der Waals surface area contributed by atoms with Crippen molar-refractivity contribution >= 4 is 7.94 Å². The van der Waals surface area contributed by atoms with E-state index in [1.165, 1.54) is 0 Å². The molecule has 0 spiro atoms. The third-order valence-electron chi connectivity index (χ3n) is 3.75. The molecule has 0 aromatic heterocycles. The summed E-state index contributed by atoms with van der Waals surface area (Å²) in [5.41, 5.74) is 0.354. The van der Waals surface area contributed by atoms with Crippen molar-refractivity contribution in [3.63, 3.8) is 0 Å². The van der Waals surface area contributed by atoms with Gasteiger partial charge in [0.15, 0.2) is 0 Å². The average molecular weight is 352 g/mol. The van der Waals surface area contributed by atoms with Crippen molar-refractivity contribution in [2.45, 2.75) is 12.5 Å². The Balaban J connectivity index is 2.46. The number of hydrogen-bond donors (Lipinski definition) is 3. The van der Waals surface area contributed by atoms with E-state index in [-0.39, 0.29) is 12.8 Å². The molecule has 0 aliphatic rings. The van der Waals surface area contributed by atoms with Crippen LogP contribution in [0.2, 0.25) is 0 Å². The van der Waals surface area contributed by atoms with Crippen LogP contribution in [0, 0.1) is 0 Å². The van der Waals surface area contributed by atoms with Crippen LogP contribution >= 0.6 is 7.94 Å². The third kappa shape index (κ3) is 5.08. The van der Waals surface area contributed by atoms with E-state index in [0.717, 1.165) is 11.1 Å². The van der Waals surface area contributed by atoms with Crippen LogP contribution in [0.3, 0.4) is 0 Å². The predicted molar refractivity (Wildman–Crippen MR) is 95.9 cm³/mol. The summed E-state index contributed by atoms with van der Waals surface area (Å²) in [4.78, 5) is 29.5. The Morgan fingerprint density at radius 1 is 0.833 bits per heavy atom. The molecule has 3 N–H and O–H groups in total. The first kappa shape index (κ1) is 19.0. The zero-order valence-electron chi connectivity index (χ0n) is 13.8. The molecule has 0 atom stereocenters. The summed E-state index contributed by atoms with van der Waals surface area (Å²) < 4.78 is 11.4. The van der Waals surface area contributed by atoms with Gasteiger partial charge in [0.25, 0.3) is 0 Å². The van der Waals surface area contributed by atoms with Gasteiger partial charge in [-0.15, -0.1) is 0 Å². The summed E-state index contributed by atoms with van der Waals surface area (Å²) in [6.07, 6.45) is -0.292. The number of hydrogen-bond acceptors (Lipinski definition) is 5. The fourth-order valence-electron chi connectivity index (χ4n) is 2.76. The first-order valence-corrected chi connectivity index (χ1v) is 10.0. The first-order chi connectivity index (χ1) is 11.5. The molecule has 0 heterocycles. The van der Waals surface area contributed by atoms with E-state index >= 15 is 0 Å². The Bertz CT molecular complexity index is 558. The molecule has 0 fully saturated rings. The summed E-state index contributed by atoms with van der Waals surface area (Å²) >= 11 is 0. The van der Waals surface area contributed by atoms with Crippen molar-refractivity contribution in [3.8, 4) is 0 Å². The Labute approximate surface area is 143 Å². The Morgan fingerprint density at radius 2 is 1.33 bits per heavy atom. The molecule has 2 rings (SSSR count). The molecule has 24 heavy (non-hydrogen) atoms. The molecule has 6 heteroatoms. The van der Waals surface area contributed by atoms with Gasteiger partial charge in [0.1, 0.15) is 0 Å². The van der Waals surface area contributed by atoms with Crippen LogP contribution in [-0.2, 0) is 15.1 Å². The SMILES string of the molecule is CCOCCOC(C[PH](O)(O)O)(c1ccccc1)c1ccccc1. The van der Waals surface area contributed by atoms with Crippen molar-refractivity contribution in [3.05, 3.63) is 71.8 Å². The van der Waals surface area contributed by atoms with E-state index in [4.69, 9.17) is 9.47 Å². The van der Waals surface area contributed by atoms with Crippen LogP contribution in [0.15, 0.2) is 60.7 Å². The zero-order chi connectivity index (χ0) is 17.5. The number of rotatable bonds is 9. The topological polar surface area (TPSA) is 79.2 Å². The van der Waals surface area contributed by atoms with Crippen LogP contribution < -0.4 is 0 Å².